The van der Waals surface area contributed by atoms with E-state index in [4.69, 9.17) is 14.2 Å². The fourth-order valence-electron chi connectivity index (χ4n) is 6.89. The number of aliphatic carboxylic acids is 1. The van der Waals surface area contributed by atoms with Crippen LogP contribution >= 0.6 is 0 Å². The van der Waals surface area contributed by atoms with Crippen molar-refractivity contribution in [3.8, 4) is 17.2 Å². The number of hydrogen-bond acceptors (Lipinski definition) is 6. The van der Waals surface area contributed by atoms with Gasteiger partial charge < -0.3 is 28.7 Å². The van der Waals surface area contributed by atoms with Crippen molar-refractivity contribution in [1.82, 2.24) is 4.90 Å². The smallest absolute Gasteiger partial charge is 0.308 e. The minimum absolute atomic E-state index is 0.0198. The van der Waals surface area contributed by atoms with Gasteiger partial charge in [-0.1, -0.05) is 49.7 Å². The summed E-state index contributed by atoms with van der Waals surface area (Å²) in [6.45, 7) is 4.30. The van der Waals surface area contributed by atoms with Crippen molar-refractivity contribution in [2.75, 3.05) is 59.6 Å². The average molecular weight is 631 g/mol. The van der Waals surface area contributed by atoms with Gasteiger partial charge in [0.05, 0.1) is 40.7 Å². The van der Waals surface area contributed by atoms with Crippen LogP contribution in [0.3, 0.4) is 0 Å². The molecular formula is C37H48N3O6+. The van der Waals surface area contributed by atoms with Crippen LogP contribution in [0.2, 0.25) is 0 Å². The van der Waals surface area contributed by atoms with Crippen LogP contribution in [0.5, 0.6) is 17.2 Å². The summed E-state index contributed by atoms with van der Waals surface area (Å²) in [6.07, 6.45) is 3.03. The number of amides is 1. The number of carbonyl (C=O) groups is 2. The monoisotopic (exact) mass is 630 g/mol. The molecule has 46 heavy (non-hydrogen) atoms. The molecule has 1 fully saturated rings. The quantitative estimate of drug-likeness (QED) is 0.233. The number of hydrogen-bond donors (Lipinski definition) is 1. The normalized spacial score (nSPS) is 19.3. The summed E-state index contributed by atoms with van der Waals surface area (Å²) in [4.78, 5) is 31.3. The van der Waals surface area contributed by atoms with Crippen LogP contribution in [-0.4, -0.2) is 87.1 Å². The van der Waals surface area contributed by atoms with E-state index in [0.29, 0.717) is 37.4 Å². The SMILES string of the molecule is CCCCN(C(=O)CN1C[C@H](c2ccc3c(c2)OCO3)[C@@H](C(=O)O)[C@@H]1CCc1ccccc1OC)c1cccc(C[N+](C)(C)C)c1. The lowest BCUT2D eigenvalue weighted by atomic mass is 9.83. The molecule has 2 aliphatic heterocycles. The van der Waals surface area contributed by atoms with Crippen LogP contribution in [0.25, 0.3) is 0 Å². The number of fused-ring (bicyclic) bond motifs is 1. The Kier molecular flexibility index (Phi) is 10.5. The minimum Gasteiger partial charge on any atom is -0.496 e. The van der Waals surface area contributed by atoms with E-state index in [-0.39, 0.29) is 31.2 Å². The van der Waals surface area contributed by atoms with E-state index in [0.717, 1.165) is 46.4 Å². The Bertz CT molecular complexity index is 1520. The highest BCUT2D eigenvalue weighted by Crippen LogP contribution is 2.43. The number of carboxylic acid groups (broad SMARTS) is 1. The van der Waals surface area contributed by atoms with E-state index >= 15 is 0 Å². The first-order chi connectivity index (χ1) is 22.1. The van der Waals surface area contributed by atoms with E-state index in [1.807, 2.05) is 59.5 Å². The second-order valence-electron chi connectivity index (χ2n) is 13.4. The van der Waals surface area contributed by atoms with E-state index in [9.17, 15) is 14.7 Å². The van der Waals surface area contributed by atoms with Gasteiger partial charge in [0.25, 0.3) is 0 Å². The van der Waals surface area contributed by atoms with Crippen molar-refractivity contribution in [3.05, 3.63) is 83.4 Å². The van der Waals surface area contributed by atoms with Crippen molar-refractivity contribution >= 4 is 17.6 Å². The topological polar surface area (TPSA) is 88.5 Å². The number of aryl methyl sites for hydroxylation is 1. The van der Waals surface area contributed by atoms with Crippen molar-refractivity contribution in [2.45, 2.75) is 51.1 Å². The van der Waals surface area contributed by atoms with Gasteiger partial charge in [-0.2, -0.15) is 0 Å². The Morgan fingerprint density at radius 1 is 1.02 bits per heavy atom. The summed E-state index contributed by atoms with van der Waals surface area (Å²) in [5, 5.41) is 10.7. The Morgan fingerprint density at radius 2 is 1.80 bits per heavy atom. The van der Waals surface area contributed by atoms with Crippen molar-refractivity contribution in [3.63, 3.8) is 0 Å². The third kappa shape index (κ3) is 7.82. The van der Waals surface area contributed by atoms with Crippen LogP contribution in [-0.2, 0) is 22.6 Å². The van der Waals surface area contributed by atoms with E-state index in [2.05, 4.69) is 45.1 Å². The molecule has 2 heterocycles. The summed E-state index contributed by atoms with van der Waals surface area (Å²) in [5.41, 5.74) is 3.95. The summed E-state index contributed by atoms with van der Waals surface area (Å²) >= 11 is 0. The lowest BCUT2D eigenvalue weighted by molar-refractivity contribution is -0.884. The molecule has 0 aromatic heterocycles. The molecule has 0 aliphatic carbocycles. The average Bonchev–Trinajstić information content (AvgIpc) is 3.64. The van der Waals surface area contributed by atoms with Crippen LogP contribution in [0, 0.1) is 5.92 Å². The zero-order valence-electron chi connectivity index (χ0n) is 27.8. The number of methoxy groups -OCH3 is 1. The van der Waals surface area contributed by atoms with E-state index in [1.54, 1.807) is 7.11 Å². The number of anilines is 1. The minimum atomic E-state index is -0.863. The lowest BCUT2D eigenvalue weighted by Crippen LogP contribution is -2.44. The molecule has 0 saturated carbocycles. The van der Waals surface area contributed by atoms with Gasteiger partial charge in [-0.15, -0.1) is 0 Å². The van der Waals surface area contributed by atoms with Gasteiger partial charge in [0, 0.05) is 36.3 Å². The Morgan fingerprint density at radius 3 is 2.54 bits per heavy atom. The second-order valence-corrected chi connectivity index (χ2v) is 13.4. The Balaban J connectivity index is 1.45. The van der Waals surface area contributed by atoms with Gasteiger partial charge >= 0.3 is 5.97 Å². The fourth-order valence-corrected chi connectivity index (χ4v) is 6.89. The molecule has 0 radical (unpaired) electrons. The number of quaternary nitrogens is 1. The standard InChI is InChI=1S/C37H47N3O6/c1-6-7-19-39(29-13-10-11-26(20-29)24-40(2,3)4)35(41)23-38-22-30(28-16-18-33-34(21-28)46-25-45-33)36(37(42)43)31(38)17-15-27-12-8-9-14-32(27)44-5/h8-14,16,18,20-21,30-31,36H,6-7,15,17,19,22-25H2,1-5H3/p+1/t30-,31+,36-/m1/s1. The maximum Gasteiger partial charge on any atom is 0.308 e. The number of carbonyl (C=O) groups excluding carboxylic acids is 1. The van der Waals surface area contributed by atoms with Gasteiger partial charge in [0.15, 0.2) is 11.5 Å². The molecule has 0 unspecified atom stereocenters. The molecule has 0 spiro atoms. The van der Waals surface area contributed by atoms with Crippen molar-refractivity contribution < 1.29 is 33.4 Å². The number of nitrogens with zero attached hydrogens (tertiary/aromatic N) is 3. The first-order valence-corrected chi connectivity index (χ1v) is 16.3. The van der Waals surface area contributed by atoms with Gasteiger partial charge in [0.2, 0.25) is 12.7 Å². The third-order valence-electron chi connectivity index (χ3n) is 9.01. The van der Waals surface area contributed by atoms with Crippen molar-refractivity contribution in [2.24, 2.45) is 5.92 Å². The number of likely N-dealkylation sites (tertiary alicyclic amines) is 1. The van der Waals surface area contributed by atoms with Crippen LogP contribution in [0.4, 0.5) is 5.69 Å². The lowest BCUT2D eigenvalue weighted by Gasteiger charge is -2.30. The molecule has 3 aromatic rings. The zero-order valence-corrected chi connectivity index (χ0v) is 27.8. The highest BCUT2D eigenvalue weighted by molar-refractivity contribution is 5.95. The van der Waals surface area contributed by atoms with Crippen LogP contribution < -0.4 is 19.1 Å². The number of rotatable bonds is 14. The molecule has 1 amide bonds. The first kappa shape index (κ1) is 33.3. The summed E-state index contributed by atoms with van der Waals surface area (Å²) in [5.74, 6) is 0.155. The molecule has 1 N–H and O–H groups in total. The largest absolute Gasteiger partial charge is 0.496 e. The fraction of sp³-hybridized carbons (Fsp3) is 0.459. The van der Waals surface area contributed by atoms with Crippen LogP contribution in [0.1, 0.15) is 48.8 Å². The van der Waals surface area contributed by atoms with E-state index < -0.39 is 11.9 Å². The highest BCUT2D eigenvalue weighted by atomic mass is 16.7. The van der Waals surface area contributed by atoms with Gasteiger partial charge in [-0.25, -0.2) is 0 Å². The number of unbranched alkanes of at least 4 members (excludes halogenated alkanes) is 1. The molecule has 1 saturated heterocycles. The maximum atomic E-state index is 14.3. The summed E-state index contributed by atoms with van der Waals surface area (Å²) in [6, 6.07) is 21.4. The van der Waals surface area contributed by atoms with E-state index in [1.165, 1.54) is 5.56 Å². The molecule has 0 bridgehead atoms. The Labute approximate surface area is 272 Å². The molecule has 3 atom stereocenters. The molecule has 9 nitrogen and oxygen atoms in total. The summed E-state index contributed by atoms with van der Waals surface area (Å²) < 4.78 is 17.5. The van der Waals surface area contributed by atoms with Gasteiger partial charge in [-0.05, 0) is 60.7 Å². The molecule has 5 rings (SSSR count). The zero-order chi connectivity index (χ0) is 32.8. The number of ether oxygens (including phenoxy) is 3. The highest BCUT2D eigenvalue weighted by Gasteiger charge is 2.47. The molecule has 3 aromatic carbocycles. The predicted octanol–water partition coefficient (Wildman–Crippen LogP) is 5.56. The molecule has 246 valence electrons. The van der Waals surface area contributed by atoms with Crippen LogP contribution in [0.15, 0.2) is 66.7 Å². The first-order valence-electron chi connectivity index (χ1n) is 16.3. The van der Waals surface area contributed by atoms with Gasteiger partial charge in [0.1, 0.15) is 12.3 Å². The number of carboxylic acids is 1. The maximum absolute atomic E-state index is 14.3. The predicted molar refractivity (Wildman–Crippen MR) is 179 cm³/mol. The molecule has 2 aliphatic rings. The van der Waals surface area contributed by atoms with Gasteiger partial charge in [-0.3, -0.25) is 14.5 Å². The third-order valence-corrected chi connectivity index (χ3v) is 9.01. The summed E-state index contributed by atoms with van der Waals surface area (Å²) in [7, 11) is 8.11. The number of benzene rings is 3. The number of para-hydroxylation sites is 1. The molecular weight excluding hydrogens is 582 g/mol. The molecule has 9 heteroatoms. The van der Waals surface area contributed by atoms with Crippen molar-refractivity contribution in [1.29, 1.82) is 0 Å². The second kappa shape index (κ2) is 14.6. The Hall–Kier alpha value is -4.08.